The van der Waals surface area contributed by atoms with Gasteiger partial charge in [-0.1, -0.05) is 78.4 Å². The molecule has 0 bridgehead atoms. The first-order chi connectivity index (χ1) is 35.4. The highest BCUT2D eigenvalue weighted by atomic mass is 32.2. The van der Waals surface area contributed by atoms with Crippen molar-refractivity contribution in [2.24, 2.45) is 9.98 Å². The highest BCUT2D eigenvalue weighted by Gasteiger charge is 2.21. The Bertz CT molecular complexity index is 3690. The first kappa shape index (κ1) is 50.2. The van der Waals surface area contributed by atoms with Gasteiger partial charge in [0.2, 0.25) is 0 Å². The minimum Gasteiger partial charge on any atom is -0.508 e. The maximum absolute atomic E-state index is 12.5. The molecule has 0 spiro atoms. The number of hydrogen-bond acceptors (Lipinski definition) is 12. The van der Waals surface area contributed by atoms with Gasteiger partial charge in [-0.3, -0.25) is 9.11 Å². The Hall–Kier alpha value is -8.80. The van der Waals surface area contributed by atoms with E-state index in [4.69, 9.17) is 15.7 Å². The standard InChI is InChI=1S/C58H50N6O8S2/c1-37-2-4-38(5-3-37)30-40-8-18-50(19-9-40)63-53-35-55(65)43(33-57(53)73(67,68)69)32-42-12-16-45(17-13-42)61-47-24-28-49(29-25-47)62-48-26-22-46(23-27-48)60-44-14-6-39(7-15-44)31-41-10-20-51(21-11-41)64-54-36-56(66)52(59)34-58(54)74(70,71)72/h2-29,33-36,61,63-66H,30-32,59H2,1H3,(H,67,68,69)(H,70,71,72). The molecule has 9 rings (SSSR count). The van der Waals surface area contributed by atoms with Crippen molar-refractivity contribution in [1.82, 2.24) is 0 Å². The van der Waals surface area contributed by atoms with Gasteiger partial charge in [-0.25, -0.2) is 9.98 Å². The third-order valence-electron chi connectivity index (χ3n) is 12.1. The molecule has 1 aliphatic rings. The fourth-order valence-electron chi connectivity index (χ4n) is 8.16. The largest absolute Gasteiger partial charge is 0.508 e. The van der Waals surface area contributed by atoms with Crippen molar-refractivity contribution in [3.63, 3.8) is 0 Å². The molecular weight excluding hydrogens is 973 g/mol. The van der Waals surface area contributed by atoms with Crippen LogP contribution >= 0.6 is 0 Å². The van der Waals surface area contributed by atoms with E-state index in [1.165, 1.54) is 23.3 Å². The molecule has 8 aromatic rings. The van der Waals surface area contributed by atoms with Crippen LogP contribution in [0.5, 0.6) is 11.5 Å². The number of rotatable bonds is 16. The summed E-state index contributed by atoms with van der Waals surface area (Å²) in [4.78, 5) is 8.73. The maximum Gasteiger partial charge on any atom is 0.296 e. The van der Waals surface area contributed by atoms with E-state index in [0.29, 0.717) is 23.4 Å². The van der Waals surface area contributed by atoms with E-state index in [0.717, 1.165) is 75.0 Å². The van der Waals surface area contributed by atoms with Gasteiger partial charge < -0.3 is 31.9 Å². The van der Waals surface area contributed by atoms with Crippen molar-refractivity contribution < 1.29 is 36.2 Å². The third kappa shape index (κ3) is 13.0. The molecule has 14 nitrogen and oxygen atoms in total. The van der Waals surface area contributed by atoms with E-state index in [1.54, 1.807) is 12.1 Å². The van der Waals surface area contributed by atoms with Crippen molar-refractivity contribution in [2.45, 2.75) is 36.0 Å². The molecule has 0 unspecified atom stereocenters. The fraction of sp³-hybridized carbons (Fsp3) is 0.0690. The van der Waals surface area contributed by atoms with Crippen LogP contribution in [0, 0.1) is 6.92 Å². The van der Waals surface area contributed by atoms with Gasteiger partial charge >= 0.3 is 0 Å². The number of phenols is 2. The van der Waals surface area contributed by atoms with E-state index in [9.17, 15) is 36.2 Å². The molecular formula is C58H50N6O8S2. The second kappa shape index (κ2) is 21.5. The first-order valence-electron chi connectivity index (χ1n) is 23.3. The lowest BCUT2D eigenvalue weighted by molar-refractivity contribution is 0.467. The Balaban J connectivity index is 0.758. The highest BCUT2D eigenvalue weighted by Crippen LogP contribution is 2.36. The summed E-state index contributed by atoms with van der Waals surface area (Å²) >= 11 is 0. The molecule has 0 amide bonds. The molecule has 74 heavy (non-hydrogen) atoms. The predicted molar refractivity (Wildman–Crippen MR) is 294 cm³/mol. The normalized spacial score (nSPS) is 12.4. The Morgan fingerprint density at radius 3 is 1.20 bits per heavy atom. The number of nitrogens with zero attached hydrogens (tertiary/aromatic N) is 2. The molecule has 0 saturated heterocycles. The smallest absolute Gasteiger partial charge is 0.296 e. The van der Waals surface area contributed by atoms with Crippen LogP contribution in [0.25, 0.3) is 0 Å². The monoisotopic (exact) mass is 1020 g/mol. The number of aromatic hydroxyl groups is 2. The van der Waals surface area contributed by atoms with Gasteiger partial charge in [0.15, 0.2) is 0 Å². The van der Waals surface area contributed by atoms with Crippen LogP contribution < -0.4 is 21.7 Å². The Kier molecular flexibility index (Phi) is 14.6. The van der Waals surface area contributed by atoms with E-state index in [2.05, 4.69) is 40.2 Å². The quantitative estimate of drug-likeness (QED) is 0.0195. The number of aryl methyl sites for hydroxylation is 1. The summed E-state index contributed by atoms with van der Waals surface area (Å²) < 4.78 is 68.6. The van der Waals surface area contributed by atoms with Gasteiger partial charge in [0.1, 0.15) is 21.3 Å². The second-order valence-electron chi connectivity index (χ2n) is 17.8. The zero-order chi connectivity index (χ0) is 52.0. The minimum atomic E-state index is -4.64. The van der Waals surface area contributed by atoms with E-state index in [-0.39, 0.29) is 39.9 Å². The summed E-state index contributed by atoms with van der Waals surface area (Å²) in [5, 5.41) is 30.4. The van der Waals surface area contributed by atoms with Crippen molar-refractivity contribution in [3.8, 4) is 11.5 Å². The summed E-state index contributed by atoms with van der Waals surface area (Å²) in [6.07, 6.45) is 9.22. The average Bonchev–Trinajstić information content (AvgIpc) is 3.37. The van der Waals surface area contributed by atoms with Crippen LogP contribution in [0.3, 0.4) is 0 Å². The summed E-state index contributed by atoms with van der Waals surface area (Å²) in [5.74, 6) is -0.431. The van der Waals surface area contributed by atoms with Crippen LogP contribution in [0.15, 0.2) is 214 Å². The molecule has 0 radical (unpaired) electrons. The summed E-state index contributed by atoms with van der Waals surface area (Å²) in [7, 11) is -9.23. The number of nitrogens with one attached hydrogen (secondary N) is 3. The minimum absolute atomic E-state index is 0.00997. The van der Waals surface area contributed by atoms with Gasteiger partial charge in [0, 0.05) is 41.3 Å². The van der Waals surface area contributed by atoms with E-state index in [1.807, 2.05) is 140 Å². The number of nitrogens with two attached hydrogens (primary N) is 1. The Labute approximate surface area is 429 Å². The molecule has 0 atom stereocenters. The molecule has 0 aromatic heterocycles. The molecule has 8 aromatic carbocycles. The number of benzene rings is 8. The van der Waals surface area contributed by atoms with E-state index >= 15 is 0 Å². The summed E-state index contributed by atoms with van der Waals surface area (Å²) in [6.45, 7) is 2.04. The van der Waals surface area contributed by atoms with Gasteiger partial charge in [0.05, 0.1) is 39.9 Å². The van der Waals surface area contributed by atoms with Crippen molar-refractivity contribution in [3.05, 3.63) is 233 Å². The van der Waals surface area contributed by atoms with Crippen molar-refractivity contribution in [2.75, 3.05) is 21.7 Å². The lowest BCUT2D eigenvalue weighted by Gasteiger charge is -2.15. The number of phenolic OH excluding ortho intramolecular Hbond substituents is 2. The molecule has 0 saturated carbocycles. The van der Waals surface area contributed by atoms with Gasteiger partial charge in [-0.2, -0.15) is 16.8 Å². The SMILES string of the molecule is Cc1ccc(Cc2ccc(Nc3cc(O)c(Cc4ccc(Nc5ccc(N=C6C=CC(=Nc7ccc(Cc8ccc(Nc9cc(O)c(N)cc9S(=O)(=O)O)cc8)cc7)C=C6)cc5)cc4)cc3S(=O)(=O)O)cc2)cc1. The topological polar surface area (TPSA) is 236 Å². The molecule has 0 heterocycles. The molecule has 16 heteroatoms. The molecule has 1 aliphatic carbocycles. The van der Waals surface area contributed by atoms with Crippen LogP contribution in [0.2, 0.25) is 0 Å². The molecule has 0 aliphatic heterocycles. The zero-order valence-electron chi connectivity index (χ0n) is 39.8. The lowest BCUT2D eigenvalue weighted by Crippen LogP contribution is -2.05. The van der Waals surface area contributed by atoms with Crippen molar-refractivity contribution in [1.29, 1.82) is 0 Å². The average molecular weight is 1020 g/mol. The zero-order valence-corrected chi connectivity index (χ0v) is 41.4. The number of aliphatic imine (C=N–C) groups is 2. The van der Waals surface area contributed by atoms with Crippen LogP contribution in [0.1, 0.15) is 38.9 Å². The Morgan fingerprint density at radius 2 is 0.770 bits per heavy atom. The number of anilines is 7. The van der Waals surface area contributed by atoms with Gasteiger partial charge in [0.25, 0.3) is 20.2 Å². The second-order valence-corrected chi connectivity index (χ2v) is 20.5. The first-order valence-corrected chi connectivity index (χ1v) is 26.1. The van der Waals surface area contributed by atoms with Gasteiger partial charge in [-0.15, -0.1) is 0 Å². The maximum atomic E-state index is 12.5. The number of hydrogen-bond donors (Lipinski definition) is 8. The Morgan fingerprint density at radius 1 is 0.432 bits per heavy atom. The highest BCUT2D eigenvalue weighted by molar-refractivity contribution is 7.86. The third-order valence-corrected chi connectivity index (χ3v) is 13.9. The number of allylic oxidation sites excluding steroid dienone is 4. The van der Waals surface area contributed by atoms with Crippen LogP contribution in [-0.2, 0) is 39.5 Å². The summed E-state index contributed by atoms with van der Waals surface area (Å²) in [5.41, 5.74) is 18.1. The fourth-order valence-corrected chi connectivity index (χ4v) is 9.50. The van der Waals surface area contributed by atoms with Crippen LogP contribution in [-0.4, -0.2) is 47.6 Å². The van der Waals surface area contributed by atoms with Crippen molar-refractivity contribution >= 4 is 82.8 Å². The molecule has 372 valence electrons. The predicted octanol–water partition coefficient (Wildman–Crippen LogP) is 12.5. The molecule has 0 fully saturated rings. The lowest BCUT2D eigenvalue weighted by atomic mass is 10.0. The van der Waals surface area contributed by atoms with Gasteiger partial charge in [-0.05, 0) is 162 Å². The summed E-state index contributed by atoms with van der Waals surface area (Å²) in [6, 6.07) is 51.1. The van der Waals surface area contributed by atoms with Crippen LogP contribution in [0.4, 0.5) is 51.2 Å². The van der Waals surface area contributed by atoms with E-state index < -0.39 is 25.1 Å². The molecule has 9 N–H and O–H groups in total. The number of nitrogen functional groups attached to an aromatic ring is 1.